The molecular formula is C15H22N2O4S. The van der Waals surface area contributed by atoms with Gasteiger partial charge in [0.05, 0.1) is 11.3 Å². The maximum Gasteiger partial charge on any atom is 0.335 e. The van der Waals surface area contributed by atoms with E-state index in [-0.39, 0.29) is 16.5 Å². The Hall–Kier alpha value is -1.60. The summed E-state index contributed by atoms with van der Waals surface area (Å²) in [4.78, 5) is 11.1. The molecule has 7 heteroatoms. The number of hydrogen-bond donors (Lipinski definition) is 3. The molecule has 0 saturated heterocycles. The van der Waals surface area contributed by atoms with Gasteiger partial charge in [0.1, 0.15) is 4.90 Å². The van der Waals surface area contributed by atoms with E-state index in [1.165, 1.54) is 18.2 Å². The second-order valence-electron chi connectivity index (χ2n) is 5.58. The Morgan fingerprint density at radius 2 is 1.82 bits per heavy atom. The van der Waals surface area contributed by atoms with Crippen LogP contribution < -0.4 is 10.0 Å². The minimum Gasteiger partial charge on any atom is -0.478 e. The van der Waals surface area contributed by atoms with Crippen LogP contribution in [0.5, 0.6) is 0 Å². The predicted molar refractivity (Wildman–Crippen MR) is 84.8 cm³/mol. The first-order valence-corrected chi connectivity index (χ1v) is 9.00. The van der Waals surface area contributed by atoms with Crippen LogP contribution in [-0.4, -0.2) is 32.6 Å². The highest BCUT2D eigenvalue weighted by Crippen LogP contribution is 2.25. The first-order chi connectivity index (χ1) is 10.4. The van der Waals surface area contributed by atoms with Crippen LogP contribution in [0, 0.1) is 0 Å². The van der Waals surface area contributed by atoms with Gasteiger partial charge in [-0.2, -0.15) is 0 Å². The van der Waals surface area contributed by atoms with E-state index in [4.69, 9.17) is 5.11 Å². The van der Waals surface area contributed by atoms with Crippen LogP contribution in [0.4, 0.5) is 5.69 Å². The number of hydrogen-bond acceptors (Lipinski definition) is 4. The quantitative estimate of drug-likeness (QED) is 0.722. The topological polar surface area (TPSA) is 95.5 Å². The number of carbonyl (C=O) groups is 1. The molecule has 1 aromatic carbocycles. The van der Waals surface area contributed by atoms with Gasteiger partial charge in [0, 0.05) is 13.1 Å². The molecule has 0 amide bonds. The summed E-state index contributed by atoms with van der Waals surface area (Å²) in [5.41, 5.74) is 0.353. The van der Waals surface area contributed by atoms with Gasteiger partial charge in [0.15, 0.2) is 0 Å². The molecule has 0 unspecified atom stereocenters. The van der Waals surface area contributed by atoms with Crippen molar-refractivity contribution in [1.82, 2.24) is 4.72 Å². The van der Waals surface area contributed by atoms with E-state index in [1.807, 2.05) is 0 Å². The van der Waals surface area contributed by atoms with Crippen LogP contribution >= 0.6 is 0 Å². The van der Waals surface area contributed by atoms with E-state index in [0.29, 0.717) is 5.69 Å². The highest BCUT2D eigenvalue weighted by molar-refractivity contribution is 7.89. The number of carboxylic acid groups (broad SMARTS) is 1. The average Bonchev–Trinajstić information content (AvgIpc) is 2.74. The molecule has 0 atom stereocenters. The molecule has 6 nitrogen and oxygen atoms in total. The molecule has 1 saturated carbocycles. The summed E-state index contributed by atoms with van der Waals surface area (Å²) in [7, 11) is -2.14. The van der Waals surface area contributed by atoms with E-state index >= 15 is 0 Å². The van der Waals surface area contributed by atoms with Gasteiger partial charge in [-0.1, -0.05) is 25.7 Å². The monoisotopic (exact) mass is 326 g/mol. The van der Waals surface area contributed by atoms with Crippen molar-refractivity contribution in [3.63, 3.8) is 0 Å². The predicted octanol–water partition coefficient (Wildman–Crippen LogP) is 2.43. The van der Waals surface area contributed by atoms with Crippen LogP contribution in [0.2, 0.25) is 0 Å². The second-order valence-corrected chi connectivity index (χ2v) is 7.26. The van der Waals surface area contributed by atoms with Gasteiger partial charge < -0.3 is 10.4 Å². The standard InChI is InChI=1S/C15H22N2O4S/c1-16-13-9-8-11(15(18)19)10-14(13)22(20,21)17-12-6-4-2-3-5-7-12/h8-10,12,16-17H,2-7H2,1H3,(H,18,19). The smallest absolute Gasteiger partial charge is 0.335 e. The lowest BCUT2D eigenvalue weighted by Gasteiger charge is -2.18. The fraction of sp³-hybridized carbons (Fsp3) is 0.533. The van der Waals surface area contributed by atoms with Crippen molar-refractivity contribution in [1.29, 1.82) is 0 Å². The largest absolute Gasteiger partial charge is 0.478 e. The molecule has 0 bridgehead atoms. The Labute approximate surface area is 131 Å². The lowest BCUT2D eigenvalue weighted by Crippen LogP contribution is -2.34. The molecule has 2 rings (SSSR count). The van der Waals surface area contributed by atoms with Gasteiger partial charge in [-0.15, -0.1) is 0 Å². The van der Waals surface area contributed by atoms with E-state index in [1.54, 1.807) is 7.05 Å². The molecule has 1 aromatic rings. The average molecular weight is 326 g/mol. The van der Waals surface area contributed by atoms with Gasteiger partial charge in [-0.25, -0.2) is 17.9 Å². The van der Waals surface area contributed by atoms with Gasteiger partial charge >= 0.3 is 5.97 Å². The Kier molecular flexibility index (Phi) is 5.42. The normalized spacial score (nSPS) is 17.0. The molecule has 0 aromatic heterocycles. The second kappa shape index (κ2) is 7.11. The molecule has 22 heavy (non-hydrogen) atoms. The lowest BCUT2D eigenvalue weighted by atomic mass is 10.1. The Morgan fingerprint density at radius 1 is 1.18 bits per heavy atom. The van der Waals surface area contributed by atoms with Gasteiger partial charge in [0.2, 0.25) is 10.0 Å². The molecular weight excluding hydrogens is 304 g/mol. The maximum atomic E-state index is 12.6. The number of rotatable bonds is 5. The molecule has 1 aliphatic carbocycles. The van der Waals surface area contributed by atoms with Crippen molar-refractivity contribution in [2.45, 2.75) is 49.5 Å². The molecule has 0 spiro atoms. The zero-order chi connectivity index (χ0) is 16.2. The summed E-state index contributed by atoms with van der Waals surface area (Å²) < 4.78 is 28.0. The highest BCUT2D eigenvalue weighted by Gasteiger charge is 2.24. The summed E-state index contributed by atoms with van der Waals surface area (Å²) in [5, 5.41) is 11.9. The van der Waals surface area contributed by atoms with Crippen LogP contribution in [-0.2, 0) is 10.0 Å². The van der Waals surface area contributed by atoms with Crippen molar-refractivity contribution in [2.24, 2.45) is 0 Å². The third kappa shape index (κ3) is 3.98. The van der Waals surface area contributed by atoms with Crippen LogP contribution in [0.3, 0.4) is 0 Å². The fourth-order valence-corrected chi connectivity index (χ4v) is 4.31. The van der Waals surface area contributed by atoms with E-state index < -0.39 is 16.0 Å². The summed E-state index contributed by atoms with van der Waals surface area (Å²) in [6.07, 6.45) is 5.95. The SMILES string of the molecule is CNc1ccc(C(=O)O)cc1S(=O)(=O)NC1CCCCCC1. The van der Waals surface area contributed by atoms with E-state index in [2.05, 4.69) is 10.0 Å². The summed E-state index contributed by atoms with van der Waals surface area (Å²) in [6.45, 7) is 0. The van der Waals surface area contributed by atoms with Gasteiger partial charge in [-0.05, 0) is 31.0 Å². The minimum atomic E-state index is -3.75. The first kappa shape index (κ1) is 16.8. The minimum absolute atomic E-state index is 0.0147. The Morgan fingerprint density at radius 3 is 2.36 bits per heavy atom. The maximum absolute atomic E-state index is 12.6. The molecule has 1 aliphatic rings. The zero-order valence-corrected chi connectivity index (χ0v) is 13.4. The molecule has 0 radical (unpaired) electrons. The fourth-order valence-electron chi connectivity index (χ4n) is 2.76. The highest BCUT2D eigenvalue weighted by atomic mass is 32.2. The van der Waals surface area contributed by atoms with Crippen molar-refractivity contribution in [3.8, 4) is 0 Å². The Balaban J connectivity index is 2.30. The molecule has 122 valence electrons. The number of benzene rings is 1. The Bertz CT molecular complexity index is 635. The van der Waals surface area contributed by atoms with Crippen LogP contribution in [0.25, 0.3) is 0 Å². The van der Waals surface area contributed by atoms with Gasteiger partial charge in [0.25, 0.3) is 0 Å². The first-order valence-electron chi connectivity index (χ1n) is 7.51. The molecule has 0 heterocycles. The lowest BCUT2D eigenvalue weighted by molar-refractivity contribution is 0.0696. The van der Waals surface area contributed by atoms with Gasteiger partial charge in [-0.3, -0.25) is 0 Å². The van der Waals surface area contributed by atoms with Crippen LogP contribution in [0.15, 0.2) is 23.1 Å². The molecule has 0 aliphatic heterocycles. The van der Waals surface area contributed by atoms with Crippen molar-refractivity contribution >= 4 is 21.7 Å². The third-order valence-corrected chi connectivity index (χ3v) is 5.52. The zero-order valence-electron chi connectivity index (χ0n) is 12.6. The summed E-state index contributed by atoms with van der Waals surface area (Å²) in [6, 6.07) is 3.99. The van der Waals surface area contributed by atoms with Crippen molar-refractivity contribution in [3.05, 3.63) is 23.8 Å². The molecule has 1 fully saturated rings. The van der Waals surface area contributed by atoms with Crippen molar-refractivity contribution < 1.29 is 18.3 Å². The summed E-state index contributed by atoms with van der Waals surface area (Å²) >= 11 is 0. The number of nitrogens with one attached hydrogen (secondary N) is 2. The number of anilines is 1. The summed E-state index contributed by atoms with van der Waals surface area (Å²) in [5.74, 6) is -1.14. The number of carboxylic acids is 1. The number of sulfonamides is 1. The van der Waals surface area contributed by atoms with Crippen molar-refractivity contribution in [2.75, 3.05) is 12.4 Å². The third-order valence-electron chi connectivity index (χ3n) is 3.96. The van der Waals surface area contributed by atoms with E-state index in [0.717, 1.165) is 38.5 Å². The number of aromatic carboxylic acids is 1. The molecule has 3 N–H and O–H groups in total. The van der Waals surface area contributed by atoms with E-state index in [9.17, 15) is 13.2 Å². The van der Waals surface area contributed by atoms with Crippen LogP contribution in [0.1, 0.15) is 48.9 Å².